The average Bonchev–Trinajstić information content (AvgIpc) is 3.31. The van der Waals surface area contributed by atoms with Crippen LogP contribution in [0.4, 0.5) is 18.0 Å². The summed E-state index contributed by atoms with van der Waals surface area (Å²) in [5.41, 5.74) is 1.44. The zero-order valence-electron chi connectivity index (χ0n) is 22.1. The molecule has 1 aliphatic rings. The fourth-order valence-electron chi connectivity index (χ4n) is 4.56. The van der Waals surface area contributed by atoms with Crippen molar-refractivity contribution in [1.29, 1.82) is 0 Å². The Hall–Kier alpha value is -4.19. The number of ether oxygens (including phenoxy) is 1. The van der Waals surface area contributed by atoms with Crippen LogP contribution in [0, 0.1) is 5.92 Å². The van der Waals surface area contributed by atoms with Crippen molar-refractivity contribution in [2.24, 2.45) is 5.92 Å². The predicted molar refractivity (Wildman–Crippen MR) is 138 cm³/mol. The SMILES string of the molecule is CC(C)(C)OC(=O)N1C[C@H](C(=O)NO)[C@H](NC(=O)c2ccc(Cc3cc(C(F)(F)F)nc4ccccc34)cc2)C1. The lowest BCUT2D eigenvalue weighted by molar-refractivity contribution is -0.141. The molecule has 1 aliphatic heterocycles. The van der Waals surface area contributed by atoms with Gasteiger partial charge in [-0.2, -0.15) is 13.2 Å². The van der Waals surface area contributed by atoms with Gasteiger partial charge in [-0.25, -0.2) is 15.3 Å². The van der Waals surface area contributed by atoms with Crippen molar-refractivity contribution in [3.63, 3.8) is 0 Å². The topological polar surface area (TPSA) is 121 Å². The molecule has 0 radical (unpaired) electrons. The van der Waals surface area contributed by atoms with Gasteiger partial charge in [0.1, 0.15) is 11.3 Å². The Morgan fingerprint density at radius 2 is 1.73 bits per heavy atom. The van der Waals surface area contributed by atoms with Crippen molar-refractivity contribution in [2.45, 2.75) is 45.0 Å². The van der Waals surface area contributed by atoms with Gasteiger partial charge in [0.15, 0.2) is 0 Å². The summed E-state index contributed by atoms with van der Waals surface area (Å²) >= 11 is 0. The maximum absolute atomic E-state index is 13.4. The van der Waals surface area contributed by atoms with Crippen LogP contribution in [0.25, 0.3) is 10.9 Å². The Bertz CT molecular complexity index is 1420. The number of halogens is 3. The summed E-state index contributed by atoms with van der Waals surface area (Å²) in [4.78, 5) is 42.7. The number of benzene rings is 2. The molecular formula is C28H29F3N4O5. The molecule has 0 saturated carbocycles. The Balaban J connectivity index is 1.49. The quantitative estimate of drug-likeness (QED) is 0.317. The number of nitrogens with one attached hydrogen (secondary N) is 2. The highest BCUT2D eigenvalue weighted by atomic mass is 19.4. The Labute approximate surface area is 228 Å². The van der Waals surface area contributed by atoms with E-state index in [1.165, 1.54) is 23.1 Å². The highest BCUT2D eigenvalue weighted by Crippen LogP contribution is 2.32. The van der Waals surface area contributed by atoms with Crippen molar-refractivity contribution in [2.75, 3.05) is 13.1 Å². The molecular weight excluding hydrogens is 529 g/mol. The Kier molecular flexibility index (Phi) is 8.01. The molecule has 3 N–H and O–H groups in total. The molecule has 1 saturated heterocycles. The molecule has 1 fully saturated rings. The molecule has 3 amide bonds. The number of likely N-dealkylation sites (tertiary alicyclic amines) is 1. The van der Waals surface area contributed by atoms with E-state index >= 15 is 0 Å². The second-order valence-corrected chi connectivity index (χ2v) is 10.6. The minimum Gasteiger partial charge on any atom is -0.444 e. The minimum atomic E-state index is -4.59. The number of amides is 3. The molecule has 4 rings (SSSR count). The van der Waals surface area contributed by atoms with Crippen LogP contribution >= 0.6 is 0 Å². The van der Waals surface area contributed by atoms with Crippen LogP contribution in [0.15, 0.2) is 54.6 Å². The maximum Gasteiger partial charge on any atom is 0.433 e. The van der Waals surface area contributed by atoms with Gasteiger partial charge in [-0.05, 0) is 62.6 Å². The largest absolute Gasteiger partial charge is 0.444 e. The first-order chi connectivity index (χ1) is 18.7. The zero-order valence-corrected chi connectivity index (χ0v) is 22.1. The van der Waals surface area contributed by atoms with Crippen LogP contribution in [0.1, 0.15) is 48.0 Å². The number of carbonyl (C=O) groups excluding carboxylic acids is 3. The van der Waals surface area contributed by atoms with E-state index < -0.39 is 47.3 Å². The highest BCUT2D eigenvalue weighted by Gasteiger charge is 2.42. The Morgan fingerprint density at radius 3 is 2.35 bits per heavy atom. The normalized spacial score (nSPS) is 17.5. The van der Waals surface area contributed by atoms with E-state index in [-0.39, 0.29) is 30.6 Å². The highest BCUT2D eigenvalue weighted by molar-refractivity contribution is 5.95. The summed E-state index contributed by atoms with van der Waals surface area (Å²) in [7, 11) is 0. The number of hydroxylamine groups is 1. The molecule has 2 heterocycles. The molecule has 0 bridgehead atoms. The minimum absolute atomic E-state index is 0.00647. The van der Waals surface area contributed by atoms with E-state index in [0.29, 0.717) is 16.5 Å². The summed E-state index contributed by atoms with van der Waals surface area (Å²) < 4.78 is 45.6. The third kappa shape index (κ3) is 6.68. The monoisotopic (exact) mass is 558 g/mol. The van der Waals surface area contributed by atoms with Crippen LogP contribution in [0.2, 0.25) is 0 Å². The van der Waals surface area contributed by atoms with Gasteiger partial charge >= 0.3 is 12.3 Å². The standard InChI is InChI=1S/C28H29F3N4O5/c1-27(2,3)40-26(38)35-14-20(25(37)34-39)22(15-35)33-24(36)17-10-8-16(9-11-17)12-18-13-23(28(29,30)31)32-21-7-5-4-6-19(18)21/h4-11,13,20,22,39H,12,14-15H2,1-3H3,(H,33,36)(H,34,37)/t20-,22+/m0/s1. The number of para-hydroxylation sites is 1. The number of pyridine rings is 1. The van der Waals surface area contributed by atoms with E-state index in [1.54, 1.807) is 56.6 Å². The lowest BCUT2D eigenvalue weighted by Crippen LogP contribution is -2.45. The number of fused-ring (bicyclic) bond motifs is 1. The van der Waals surface area contributed by atoms with Gasteiger partial charge in [-0.15, -0.1) is 0 Å². The van der Waals surface area contributed by atoms with Gasteiger partial charge in [0, 0.05) is 24.0 Å². The predicted octanol–water partition coefficient (Wildman–Crippen LogP) is 4.32. The summed E-state index contributed by atoms with van der Waals surface area (Å²) in [6.07, 6.45) is -5.06. The number of nitrogens with zero attached hydrogens (tertiary/aromatic N) is 2. The summed E-state index contributed by atoms with van der Waals surface area (Å²) in [6, 6.07) is 13.2. The zero-order chi connectivity index (χ0) is 29.2. The van der Waals surface area contributed by atoms with Crippen LogP contribution in [0.5, 0.6) is 0 Å². The summed E-state index contributed by atoms with van der Waals surface area (Å²) in [5.74, 6) is -2.19. The van der Waals surface area contributed by atoms with Crippen molar-refractivity contribution in [1.82, 2.24) is 20.7 Å². The van der Waals surface area contributed by atoms with Crippen LogP contribution in [-0.2, 0) is 22.1 Å². The fourth-order valence-corrected chi connectivity index (χ4v) is 4.56. The van der Waals surface area contributed by atoms with Gasteiger partial charge < -0.3 is 15.0 Å². The molecule has 0 aliphatic carbocycles. The van der Waals surface area contributed by atoms with Gasteiger partial charge in [-0.3, -0.25) is 14.8 Å². The van der Waals surface area contributed by atoms with Crippen LogP contribution < -0.4 is 10.8 Å². The van der Waals surface area contributed by atoms with Gasteiger partial charge in [0.05, 0.1) is 17.5 Å². The molecule has 40 heavy (non-hydrogen) atoms. The van der Waals surface area contributed by atoms with Crippen LogP contribution in [0.3, 0.4) is 0 Å². The number of hydrogen-bond acceptors (Lipinski definition) is 6. The molecule has 3 aromatic rings. The van der Waals surface area contributed by atoms with E-state index in [9.17, 15) is 27.6 Å². The summed E-state index contributed by atoms with van der Waals surface area (Å²) in [6.45, 7) is 5.04. The van der Waals surface area contributed by atoms with E-state index in [0.717, 1.165) is 6.07 Å². The summed E-state index contributed by atoms with van der Waals surface area (Å²) in [5, 5.41) is 12.5. The first kappa shape index (κ1) is 28.8. The van der Waals surface area contributed by atoms with Crippen molar-refractivity contribution in [3.05, 3.63) is 77.0 Å². The average molecular weight is 559 g/mol. The lowest BCUT2D eigenvalue weighted by atomic mass is 9.98. The van der Waals surface area contributed by atoms with Crippen molar-refractivity contribution >= 4 is 28.8 Å². The molecule has 0 unspecified atom stereocenters. The van der Waals surface area contributed by atoms with Crippen molar-refractivity contribution in [3.8, 4) is 0 Å². The van der Waals surface area contributed by atoms with Gasteiger partial charge in [0.25, 0.3) is 5.91 Å². The lowest BCUT2D eigenvalue weighted by Gasteiger charge is -2.24. The molecule has 212 valence electrons. The van der Waals surface area contributed by atoms with E-state index in [2.05, 4.69) is 10.3 Å². The molecule has 0 spiro atoms. The molecule has 12 heteroatoms. The second-order valence-electron chi connectivity index (χ2n) is 10.6. The number of carbonyl (C=O) groups is 3. The third-order valence-electron chi connectivity index (χ3n) is 6.44. The van der Waals surface area contributed by atoms with Gasteiger partial charge in [0.2, 0.25) is 5.91 Å². The number of aromatic nitrogens is 1. The molecule has 9 nitrogen and oxygen atoms in total. The first-order valence-corrected chi connectivity index (χ1v) is 12.5. The molecule has 2 aromatic carbocycles. The third-order valence-corrected chi connectivity index (χ3v) is 6.44. The molecule has 1 aromatic heterocycles. The smallest absolute Gasteiger partial charge is 0.433 e. The maximum atomic E-state index is 13.4. The first-order valence-electron chi connectivity index (χ1n) is 12.5. The second kappa shape index (κ2) is 11.1. The Morgan fingerprint density at radius 1 is 1.05 bits per heavy atom. The van der Waals surface area contributed by atoms with Crippen LogP contribution in [-0.4, -0.2) is 57.7 Å². The molecule has 2 atom stereocenters. The van der Waals surface area contributed by atoms with Gasteiger partial charge in [-0.1, -0.05) is 30.3 Å². The number of hydrogen-bond donors (Lipinski definition) is 3. The number of alkyl halides is 3. The van der Waals surface area contributed by atoms with E-state index in [4.69, 9.17) is 9.94 Å². The van der Waals surface area contributed by atoms with Crippen molar-refractivity contribution < 1.29 is 37.5 Å². The number of rotatable bonds is 5. The fraction of sp³-hybridized carbons (Fsp3) is 0.357. The van der Waals surface area contributed by atoms with E-state index in [1.807, 2.05) is 0 Å².